The van der Waals surface area contributed by atoms with Gasteiger partial charge in [-0.05, 0) is 72.1 Å². The molecule has 2 aliphatic heterocycles. The molecule has 2 saturated heterocycles. The van der Waals surface area contributed by atoms with Gasteiger partial charge in [-0.15, -0.1) is 0 Å². The van der Waals surface area contributed by atoms with Crippen LogP contribution in [0.25, 0.3) is 11.3 Å². The van der Waals surface area contributed by atoms with Crippen LogP contribution in [-0.2, 0) is 9.47 Å². The molecule has 8 heterocycles. The highest BCUT2D eigenvalue weighted by atomic mass is 79.9. The molecular weight excluding hydrogens is 800 g/mol. The van der Waals surface area contributed by atoms with Crippen LogP contribution in [0.3, 0.4) is 0 Å². The van der Waals surface area contributed by atoms with Crippen LogP contribution in [0.4, 0.5) is 28.8 Å². The maximum atomic E-state index is 5.55. The number of halogens is 3. The van der Waals surface area contributed by atoms with E-state index in [0.29, 0.717) is 11.5 Å². The number of rotatable bonds is 4. The van der Waals surface area contributed by atoms with Crippen LogP contribution in [-0.4, -0.2) is 91.3 Å². The molecule has 0 atom stereocenters. The first-order chi connectivity index (χ1) is 22.9. The smallest absolute Gasteiger partial charge is 0.180 e. The van der Waals surface area contributed by atoms with E-state index in [9.17, 15) is 0 Å². The maximum Gasteiger partial charge on any atom is 0.180 e. The van der Waals surface area contributed by atoms with E-state index in [4.69, 9.17) is 15.2 Å². The van der Waals surface area contributed by atoms with Gasteiger partial charge < -0.3 is 39.1 Å². The van der Waals surface area contributed by atoms with Gasteiger partial charge in [-0.2, -0.15) is 0 Å². The number of nitrogens with two attached hydrogens (primary N) is 1. The summed E-state index contributed by atoms with van der Waals surface area (Å²) in [5, 5.41) is 3.27. The first kappa shape index (κ1) is 33.0. The van der Waals surface area contributed by atoms with Crippen LogP contribution in [0.1, 0.15) is 0 Å². The summed E-state index contributed by atoms with van der Waals surface area (Å²) in [6, 6.07) is 7.83. The third kappa shape index (κ3) is 8.72. The van der Waals surface area contributed by atoms with Gasteiger partial charge in [0, 0.05) is 63.4 Å². The van der Waals surface area contributed by atoms with E-state index in [1.54, 1.807) is 18.6 Å². The van der Waals surface area contributed by atoms with E-state index in [-0.39, 0.29) is 0 Å². The van der Waals surface area contributed by atoms with Crippen molar-refractivity contribution in [3.63, 3.8) is 0 Å². The van der Waals surface area contributed by atoms with Crippen LogP contribution in [0.5, 0.6) is 0 Å². The largest absolute Gasteiger partial charge is 0.397 e. The monoisotopic (exact) mass is 828 g/mol. The van der Waals surface area contributed by atoms with Gasteiger partial charge in [0.25, 0.3) is 0 Å². The van der Waals surface area contributed by atoms with Gasteiger partial charge in [0.1, 0.15) is 20.8 Å². The summed E-state index contributed by atoms with van der Waals surface area (Å²) in [5.74, 6) is 2.63. The highest BCUT2D eigenvalue weighted by Crippen LogP contribution is 2.23. The third-order valence-corrected chi connectivity index (χ3v) is 8.40. The first-order valence-electron chi connectivity index (χ1n) is 14.7. The number of fused-ring (bicyclic) bond motifs is 2. The fourth-order valence-electron chi connectivity index (χ4n) is 4.80. The standard InChI is InChI=1S/C15H15BrN6O.C9H13N3O.C6H3Br2N3/c16-12-10-22-4-3-17-15(22)14(20-12)19-11-1-2-13(18-9-11)21-5-7-23-8-6-21;10-8-1-2-9(11-7-8)12-3-5-13-6-4-12;7-4-3-11-2-1-9-6(11)5(8)10-4/h1-4,9-10H,5-8H2,(H,19,20);1-2,7H,3-6,10H2;1-3H. The second-order valence-electron chi connectivity index (χ2n) is 10.3. The molecule has 17 heteroatoms. The van der Waals surface area contributed by atoms with Crippen LogP contribution in [0.2, 0.25) is 0 Å². The molecule has 2 aliphatic rings. The molecule has 2 fully saturated rings. The Morgan fingerprint density at radius 1 is 0.660 bits per heavy atom. The van der Waals surface area contributed by atoms with Gasteiger partial charge in [0.15, 0.2) is 21.7 Å². The number of aromatic nitrogens is 8. The van der Waals surface area contributed by atoms with Crippen LogP contribution < -0.4 is 20.9 Å². The molecule has 0 unspecified atom stereocenters. The summed E-state index contributed by atoms with van der Waals surface area (Å²) >= 11 is 9.99. The molecule has 0 aliphatic carbocycles. The quantitative estimate of drug-likeness (QED) is 0.240. The number of nitrogens with zero attached hydrogens (tertiary/aromatic N) is 10. The zero-order valence-corrected chi connectivity index (χ0v) is 29.8. The molecule has 0 aromatic carbocycles. The van der Waals surface area contributed by atoms with Gasteiger partial charge in [-0.25, -0.2) is 29.9 Å². The van der Waals surface area contributed by atoms with Gasteiger partial charge in [0.05, 0.1) is 50.2 Å². The number of pyridine rings is 2. The van der Waals surface area contributed by atoms with Crippen molar-refractivity contribution in [2.75, 3.05) is 73.5 Å². The summed E-state index contributed by atoms with van der Waals surface area (Å²) in [5.41, 5.74) is 8.72. The Morgan fingerprint density at radius 3 is 1.79 bits per heavy atom. The minimum absolute atomic E-state index is 0.685. The third-order valence-electron chi connectivity index (χ3n) is 7.10. The lowest BCUT2D eigenvalue weighted by Crippen LogP contribution is -2.36. The Balaban J connectivity index is 0.000000136. The highest BCUT2D eigenvalue weighted by Gasteiger charge is 2.13. The van der Waals surface area contributed by atoms with E-state index >= 15 is 0 Å². The van der Waals surface area contributed by atoms with Crippen molar-refractivity contribution in [1.82, 2.24) is 38.7 Å². The van der Waals surface area contributed by atoms with Crippen LogP contribution >= 0.6 is 47.8 Å². The normalized spacial score (nSPS) is 14.7. The topological polar surface area (TPSA) is 149 Å². The lowest BCUT2D eigenvalue weighted by Gasteiger charge is -2.27. The van der Waals surface area contributed by atoms with E-state index < -0.39 is 0 Å². The van der Waals surface area contributed by atoms with Crippen molar-refractivity contribution in [2.24, 2.45) is 0 Å². The second-order valence-corrected chi connectivity index (χ2v) is 12.6. The van der Waals surface area contributed by atoms with Gasteiger partial charge in [-0.1, -0.05) is 0 Å². The predicted octanol–water partition coefficient (Wildman–Crippen LogP) is 5.22. The molecule has 47 heavy (non-hydrogen) atoms. The summed E-state index contributed by atoms with van der Waals surface area (Å²) in [6.07, 6.45) is 14.4. The fraction of sp³-hybridized carbons (Fsp3) is 0.267. The number of hydrogen-bond acceptors (Lipinski definition) is 12. The van der Waals surface area contributed by atoms with Gasteiger partial charge in [-0.3, -0.25) is 0 Å². The van der Waals surface area contributed by atoms with Crippen molar-refractivity contribution in [3.8, 4) is 0 Å². The second kappa shape index (κ2) is 15.8. The summed E-state index contributed by atoms with van der Waals surface area (Å²) in [7, 11) is 0. The summed E-state index contributed by atoms with van der Waals surface area (Å²) < 4.78 is 16.7. The molecule has 0 spiro atoms. The zero-order chi connectivity index (χ0) is 32.6. The Hall–Kier alpha value is -3.90. The van der Waals surface area contributed by atoms with Crippen LogP contribution in [0.15, 0.2) is 87.6 Å². The maximum absolute atomic E-state index is 5.55. The van der Waals surface area contributed by atoms with Crippen molar-refractivity contribution >= 4 is 87.9 Å². The molecule has 0 bridgehead atoms. The molecule has 0 saturated carbocycles. The van der Waals surface area contributed by atoms with E-state index in [1.807, 2.05) is 64.1 Å². The summed E-state index contributed by atoms with van der Waals surface area (Å²) in [4.78, 5) is 30.2. The van der Waals surface area contributed by atoms with Gasteiger partial charge in [0.2, 0.25) is 0 Å². The molecule has 14 nitrogen and oxygen atoms in total. The average Bonchev–Trinajstić information content (AvgIpc) is 3.77. The molecular formula is C30H31Br3N12O2. The lowest BCUT2D eigenvalue weighted by molar-refractivity contribution is 0.122. The lowest BCUT2D eigenvalue weighted by atomic mass is 10.3. The average molecular weight is 831 g/mol. The van der Waals surface area contributed by atoms with Crippen LogP contribution in [0, 0.1) is 0 Å². The van der Waals surface area contributed by atoms with Crippen molar-refractivity contribution in [2.45, 2.75) is 0 Å². The van der Waals surface area contributed by atoms with Crippen molar-refractivity contribution in [1.29, 1.82) is 0 Å². The molecule has 3 N–H and O–H groups in total. The predicted molar refractivity (Wildman–Crippen MR) is 191 cm³/mol. The van der Waals surface area contributed by atoms with Crippen molar-refractivity contribution in [3.05, 3.63) is 87.6 Å². The number of morpholine rings is 2. The fourth-order valence-corrected chi connectivity index (χ4v) is 6.33. The van der Waals surface area contributed by atoms with E-state index in [0.717, 1.165) is 95.0 Å². The minimum atomic E-state index is 0.685. The minimum Gasteiger partial charge on any atom is -0.397 e. The molecule has 8 rings (SSSR count). The SMILES string of the molecule is Brc1cn2ccnc2c(Br)n1.Brc1cn2ccnc2c(Nc2ccc(N3CCOCC3)nc2)n1.Nc1ccc(N2CCOCC2)nc1. The number of imidazole rings is 2. The number of anilines is 5. The number of ether oxygens (including phenoxy) is 2. The summed E-state index contributed by atoms with van der Waals surface area (Å²) in [6.45, 7) is 6.65. The van der Waals surface area contributed by atoms with Gasteiger partial charge >= 0.3 is 0 Å². The Kier molecular flexibility index (Phi) is 11.1. The first-order valence-corrected chi connectivity index (χ1v) is 17.0. The molecule has 244 valence electrons. The Labute approximate surface area is 295 Å². The highest BCUT2D eigenvalue weighted by molar-refractivity contribution is 9.11. The van der Waals surface area contributed by atoms with E-state index in [1.165, 1.54) is 0 Å². The molecule has 6 aromatic rings. The van der Waals surface area contributed by atoms with Crippen molar-refractivity contribution < 1.29 is 9.47 Å². The Bertz CT molecular complexity index is 1890. The Morgan fingerprint density at radius 2 is 1.21 bits per heavy atom. The van der Waals surface area contributed by atoms with E-state index in [2.05, 4.69) is 92.8 Å². The number of hydrogen-bond donors (Lipinski definition) is 2. The number of nitrogens with one attached hydrogen (secondary N) is 1. The molecule has 0 amide bonds. The molecule has 6 aromatic heterocycles. The number of nitrogen functional groups attached to an aromatic ring is 1. The zero-order valence-electron chi connectivity index (χ0n) is 25.1. The molecule has 0 radical (unpaired) electrons.